The van der Waals surface area contributed by atoms with Gasteiger partial charge in [-0.15, -0.1) is 11.8 Å². The van der Waals surface area contributed by atoms with Crippen LogP contribution in [0.15, 0.2) is 47.4 Å². The summed E-state index contributed by atoms with van der Waals surface area (Å²) in [6.07, 6.45) is 0. The molecule has 0 heterocycles. The molecule has 0 saturated carbocycles. The lowest BCUT2D eigenvalue weighted by Gasteiger charge is -2.04. The minimum absolute atomic E-state index is 0.176. The summed E-state index contributed by atoms with van der Waals surface area (Å²) in [6, 6.07) is 10.1. The molecule has 0 aliphatic carbocycles. The molecular formula is C14H10FNO4S. The van der Waals surface area contributed by atoms with Gasteiger partial charge in [0.25, 0.3) is 0 Å². The van der Waals surface area contributed by atoms with Crippen molar-refractivity contribution in [1.29, 1.82) is 0 Å². The summed E-state index contributed by atoms with van der Waals surface area (Å²) in [7, 11) is 0. The molecule has 1 N–H and O–H groups in total. The molecule has 0 spiro atoms. The minimum atomic E-state index is -1.01. The van der Waals surface area contributed by atoms with Crippen LogP contribution >= 0.6 is 11.8 Å². The number of nitro benzene ring substituents is 1. The first-order chi connectivity index (χ1) is 9.97. The van der Waals surface area contributed by atoms with Crippen LogP contribution in [0.1, 0.15) is 15.9 Å². The van der Waals surface area contributed by atoms with Crippen LogP contribution in [0.5, 0.6) is 0 Å². The maximum absolute atomic E-state index is 13.5. The Labute approximate surface area is 123 Å². The average molecular weight is 307 g/mol. The zero-order valence-electron chi connectivity index (χ0n) is 10.7. The zero-order valence-corrected chi connectivity index (χ0v) is 11.5. The number of carbonyl (C=O) groups is 1. The summed E-state index contributed by atoms with van der Waals surface area (Å²) >= 11 is 1.33. The monoisotopic (exact) mass is 307 g/mol. The fourth-order valence-electron chi connectivity index (χ4n) is 1.67. The molecule has 5 nitrogen and oxygen atoms in total. The molecule has 0 unspecified atom stereocenters. The Bertz CT molecular complexity index is 705. The Morgan fingerprint density at radius 3 is 2.67 bits per heavy atom. The van der Waals surface area contributed by atoms with Crippen molar-refractivity contribution >= 4 is 23.4 Å². The van der Waals surface area contributed by atoms with Crippen molar-refractivity contribution in [2.45, 2.75) is 10.6 Å². The van der Waals surface area contributed by atoms with Crippen LogP contribution in [-0.4, -0.2) is 16.0 Å². The third-order valence-corrected chi connectivity index (χ3v) is 3.76. The van der Waals surface area contributed by atoms with Crippen LogP contribution in [-0.2, 0) is 5.75 Å². The van der Waals surface area contributed by atoms with E-state index < -0.39 is 22.4 Å². The number of hydrogen-bond acceptors (Lipinski definition) is 4. The second-order valence-electron chi connectivity index (χ2n) is 4.16. The first kappa shape index (κ1) is 15.0. The van der Waals surface area contributed by atoms with Crippen LogP contribution < -0.4 is 0 Å². The summed E-state index contributed by atoms with van der Waals surface area (Å²) in [6.45, 7) is 0. The van der Waals surface area contributed by atoms with Gasteiger partial charge in [0.2, 0.25) is 5.82 Å². The summed E-state index contributed by atoms with van der Waals surface area (Å²) < 4.78 is 13.5. The first-order valence-electron chi connectivity index (χ1n) is 5.86. The van der Waals surface area contributed by atoms with E-state index >= 15 is 0 Å². The molecule has 2 aromatic rings. The average Bonchev–Trinajstić information content (AvgIpc) is 2.45. The fraction of sp³-hybridized carbons (Fsp3) is 0.0714. The number of nitrogens with zero attached hydrogens (tertiary/aromatic N) is 1. The van der Waals surface area contributed by atoms with Gasteiger partial charge in [-0.05, 0) is 29.8 Å². The maximum Gasteiger partial charge on any atom is 0.335 e. The molecule has 108 valence electrons. The second kappa shape index (κ2) is 6.36. The predicted molar refractivity (Wildman–Crippen MR) is 76.0 cm³/mol. The van der Waals surface area contributed by atoms with Crippen LogP contribution in [0.2, 0.25) is 0 Å². The Kier molecular flexibility index (Phi) is 4.54. The molecule has 0 bridgehead atoms. The normalized spacial score (nSPS) is 10.3. The smallest absolute Gasteiger partial charge is 0.335 e. The van der Waals surface area contributed by atoms with E-state index in [2.05, 4.69) is 0 Å². The van der Waals surface area contributed by atoms with E-state index in [-0.39, 0.29) is 5.56 Å². The number of aromatic carboxylic acids is 1. The molecule has 0 atom stereocenters. The lowest BCUT2D eigenvalue weighted by Crippen LogP contribution is -1.95. The molecule has 0 amide bonds. The van der Waals surface area contributed by atoms with E-state index in [1.807, 2.05) is 0 Å². The van der Waals surface area contributed by atoms with Crippen molar-refractivity contribution in [2.75, 3.05) is 0 Å². The number of thioether (sulfide) groups is 1. The van der Waals surface area contributed by atoms with E-state index in [0.717, 1.165) is 17.0 Å². The third-order valence-electron chi connectivity index (χ3n) is 2.70. The minimum Gasteiger partial charge on any atom is -0.478 e. The Hall–Kier alpha value is -2.41. The van der Waals surface area contributed by atoms with Gasteiger partial charge in [0.15, 0.2) is 0 Å². The molecular weight excluding hydrogens is 297 g/mol. The zero-order chi connectivity index (χ0) is 15.4. The largest absolute Gasteiger partial charge is 0.478 e. The predicted octanol–water partition coefficient (Wildman–Crippen LogP) is 3.72. The van der Waals surface area contributed by atoms with Gasteiger partial charge in [0.1, 0.15) is 0 Å². The van der Waals surface area contributed by atoms with Crippen molar-refractivity contribution in [2.24, 2.45) is 0 Å². The van der Waals surface area contributed by atoms with E-state index in [0.29, 0.717) is 11.3 Å². The summed E-state index contributed by atoms with van der Waals surface area (Å²) in [5.74, 6) is -1.51. The van der Waals surface area contributed by atoms with Gasteiger partial charge in [-0.3, -0.25) is 10.1 Å². The van der Waals surface area contributed by atoms with Crippen molar-refractivity contribution < 1.29 is 19.2 Å². The van der Waals surface area contributed by atoms with Gasteiger partial charge in [-0.1, -0.05) is 12.1 Å². The molecule has 2 rings (SSSR count). The highest BCUT2D eigenvalue weighted by atomic mass is 32.2. The van der Waals surface area contributed by atoms with Gasteiger partial charge < -0.3 is 5.11 Å². The first-order valence-corrected chi connectivity index (χ1v) is 6.85. The van der Waals surface area contributed by atoms with E-state index in [4.69, 9.17) is 5.11 Å². The molecule has 7 heteroatoms. The van der Waals surface area contributed by atoms with Crippen LogP contribution in [0.4, 0.5) is 10.1 Å². The highest BCUT2D eigenvalue weighted by Crippen LogP contribution is 2.26. The standard InChI is InChI=1S/C14H10FNO4S/c15-12-6-9(4-5-13(12)16(19)20)8-21-11-3-1-2-10(7-11)14(17)18/h1-7H,8H2,(H,17,18). The molecule has 0 aliphatic rings. The molecule has 0 aromatic heterocycles. The highest BCUT2D eigenvalue weighted by Gasteiger charge is 2.13. The number of benzene rings is 2. The van der Waals surface area contributed by atoms with E-state index in [9.17, 15) is 19.3 Å². The van der Waals surface area contributed by atoms with Crippen LogP contribution in [0.3, 0.4) is 0 Å². The Morgan fingerprint density at radius 1 is 1.29 bits per heavy atom. The summed E-state index contributed by atoms with van der Waals surface area (Å²) in [4.78, 5) is 21.3. The summed E-state index contributed by atoms with van der Waals surface area (Å²) in [5, 5.41) is 19.4. The SMILES string of the molecule is O=C(O)c1cccc(SCc2ccc([N+](=O)[O-])c(F)c2)c1. The highest BCUT2D eigenvalue weighted by molar-refractivity contribution is 7.98. The Balaban J connectivity index is 2.10. The van der Waals surface area contributed by atoms with Crippen LogP contribution in [0.25, 0.3) is 0 Å². The second-order valence-corrected chi connectivity index (χ2v) is 5.21. The molecule has 0 fully saturated rings. The van der Waals surface area contributed by atoms with Gasteiger partial charge in [0, 0.05) is 16.7 Å². The van der Waals surface area contributed by atoms with Gasteiger partial charge >= 0.3 is 11.7 Å². The number of nitro groups is 1. The van der Waals surface area contributed by atoms with Crippen molar-refractivity contribution in [3.05, 3.63) is 69.5 Å². The molecule has 0 radical (unpaired) electrons. The van der Waals surface area contributed by atoms with Gasteiger partial charge in [-0.25, -0.2) is 4.79 Å². The number of halogens is 1. The lowest BCUT2D eigenvalue weighted by atomic mass is 10.2. The van der Waals surface area contributed by atoms with Gasteiger partial charge in [-0.2, -0.15) is 4.39 Å². The van der Waals surface area contributed by atoms with E-state index in [1.54, 1.807) is 12.1 Å². The number of carboxylic acid groups (broad SMARTS) is 1. The van der Waals surface area contributed by atoms with Gasteiger partial charge in [0.05, 0.1) is 10.5 Å². The van der Waals surface area contributed by atoms with Crippen molar-refractivity contribution in [3.63, 3.8) is 0 Å². The molecule has 21 heavy (non-hydrogen) atoms. The van der Waals surface area contributed by atoms with Crippen molar-refractivity contribution in [3.8, 4) is 0 Å². The topological polar surface area (TPSA) is 80.4 Å². The van der Waals surface area contributed by atoms with E-state index in [1.165, 1.54) is 30.0 Å². The van der Waals surface area contributed by atoms with Crippen molar-refractivity contribution in [1.82, 2.24) is 0 Å². The molecule has 0 saturated heterocycles. The summed E-state index contributed by atoms with van der Waals surface area (Å²) in [5.41, 5.74) is 0.204. The number of carboxylic acids is 1. The fourth-order valence-corrected chi connectivity index (χ4v) is 2.57. The maximum atomic E-state index is 13.5. The number of hydrogen-bond donors (Lipinski definition) is 1. The number of rotatable bonds is 5. The third kappa shape index (κ3) is 3.79. The molecule has 0 aliphatic heterocycles. The Morgan fingerprint density at radius 2 is 2.05 bits per heavy atom. The van der Waals surface area contributed by atoms with Crippen LogP contribution in [0, 0.1) is 15.9 Å². The lowest BCUT2D eigenvalue weighted by molar-refractivity contribution is -0.387. The quantitative estimate of drug-likeness (QED) is 0.517. The molecule has 2 aromatic carbocycles.